The van der Waals surface area contributed by atoms with Gasteiger partial charge in [-0.15, -0.1) is 0 Å². The van der Waals surface area contributed by atoms with Crippen molar-refractivity contribution in [2.45, 2.75) is 24.3 Å². The molecule has 3 aromatic rings. The Balaban J connectivity index is 1.38. The Kier molecular flexibility index (Phi) is 7.02. The molecule has 1 N–H and O–H groups in total. The molecule has 0 aliphatic carbocycles. The Bertz CT molecular complexity index is 1330. The fourth-order valence-electron chi connectivity index (χ4n) is 4.85. The Morgan fingerprint density at radius 1 is 1.11 bits per heavy atom. The van der Waals surface area contributed by atoms with E-state index >= 15 is 0 Å². The first-order valence-electron chi connectivity index (χ1n) is 12.2. The van der Waals surface area contributed by atoms with Crippen LogP contribution in [0.4, 0.5) is 5.69 Å². The standard InChI is InChI=1S/C27H31N3O5S/c1-19-17-22(20-7-4-3-5-8-20)29-27(26(19)36(2,31)32)35-14-11-21-18-28-12-13-30(21)23-9-6-10-24-25(23)34-16-15-33-24/h3-10,17,21,28H,11-16,18H2,1-2H3. The van der Waals surface area contributed by atoms with Crippen LogP contribution in [0.15, 0.2) is 59.5 Å². The number of rotatable bonds is 7. The van der Waals surface area contributed by atoms with Crippen molar-refractivity contribution in [1.29, 1.82) is 0 Å². The van der Waals surface area contributed by atoms with Gasteiger partial charge in [-0.1, -0.05) is 36.4 Å². The first kappa shape index (κ1) is 24.4. The number of sulfone groups is 1. The second kappa shape index (κ2) is 10.4. The van der Waals surface area contributed by atoms with Crippen LogP contribution in [0, 0.1) is 6.92 Å². The lowest BCUT2D eigenvalue weighted by molar-refractivity contribution is 0.171. The molecular weight excluding hydrogens is 478 g/mol. The highest BCUT2D eigenvalue weighted by molar-refractivity contribution is 7.90. The molecule has 1 aromatic heterocycles. The number of para-hydroxylation sites is 1. The lowest BCUT2D eigenvalue weighted by Crippen LogP contribution is -2.52. The molecule has 0 saturated carbocycles. The third-order valence-electron chi connectivity index (χ3n) is 6.46. The minimum atomic E-state index is -3.52. The summed E-state index contributed by atoms with van der Waals surface area (Å²) < 4.78 is 43.0. The Labute approximate surface area is 212 Å². The van der Waals surface area contributed by atoms with Crippen LogP contribution in [0.1, 0.15) is 12.0 Å². The fourth-order valence-corrected chi connectivity index (χ4v) is 5.92. The minimum absolute atomic E-state index is 0.135. The number of nitrogens with zero attached hydrogens (tertiary/aromatic N) is 2. The van der Waals surface area contributed by atoms with Crippen molar-refractivity contribution in [1.82, 2.24) is 10.3 Å². The molecule has 1 atom stereocenters. The summed E-state index contributed by atoms with van der Waals surface area (Å²) in [4.78, 5) is 7.09. The summed E-state index contributed by atoms with van der Waals surface area (Å²) in [5, 5.41) is 3.46. The number of pyridine rings is 1. The minimum Gasteiger partial charge on any atom is -0.486 e. The first-order valence-corrected chi connectivity index (χ1v) is 14.1. The lowest BCUT2D eigenvalue weighted by atomic mass is 10.1. The van der Waals surface area contributed by atoms with Crippen molar-refractivity contribution in [3.8, 4) is 28.6 Å². The average molecular weight is 510 g/mol. The molecule has 2 aliphatic rings. The molecule has 2 aliphatic heterocycles. The van der Waals surface area contributed by atoms with Gasteiger partial charge in [0.2, 0.25) is 5.88 Å². The molecule has 0 bridgehead atoms. The second-order valence-corrected chi connectivity index (χ2v) is 11.0. The van der Waals surface area contributed by atoms with Gasteiger partial charge in [0.25, 0.3) is 0 Å². The molecule has 3 heterocycles. The first-order chi connectivity index (χ1) is 17.4. The van der Waals surface area contributed by atoms with Crippen LogP contribution in [-0.2, 0) is 9.84 Å². The average Bonchev–Trinajstić information content (AvgIpc) is 2.88. The van der Waals surface area contributed by atoms with E-state index in [4.69, 9.17) is 14.2 Å². The third kappa shape index (κ3) is 5.12. The number of nitrogens with one attached hydrogen (secondary N) is 1. The van der Waals surface area contributed by atoms with E-state index in [2.05, 4.69) is 21.3 Å². The van der Waals surface area contributed by atoms with Gasteiger partial charge in [-0.2, -0.15) is 0 Å². The second-order valence-electron chi connectivity index (χ2n) is 9.09. The highest BCUT2D eigenvalue weighted by Gasteiger charge is 2.28. The van der Waals surface area contributed by atoms with Crippen LogP contribution in [0.3, 0.4) is 0 Å². The van der Waals surface area contributed by atoms with Crippen LogP contribution >= 0.6 is 0 Å². The van der Waals surface area contributed by atoms with Gasteiger partial charge in [0.15, 0.2) is 21.3 Å². The summed E-state index contributed by atoms with van der Waals surface area (Å²) >= 11 is 0. The molecule has 8 nitrogen and oxygen atoms in total. The van der Waals surface area contributed by atoms with E-state index in [9.17, 15) is 8.42 Å². The van der Waals surface area contributed by atoms with Crippen LogP contribution in [0.5, 0.6) is 17.4 Å². The Morgan fingerprint density at radius 3 is 2.72 bits per heavy atom. The monoisotopic (exact) mass is 509 g/mol. The van der Waals surface area contributed by atoms with E-state index in [0.717, 1.165) is 42.4 Å². The predicted octanol–water partition coefficient (Wildman–Crippen LogP) is 3.48. The highest BCUT2D eigenvalue weighted by atomic mass is 32.2. The van der Waals surface area contributed by atoms with Crippen LogP contribution in [0.25, 0.3) is 11.3 Å². The molecule has 0 radical (unpaired) electrons. The quantitative estimate of drug-likeness (QED) is 0.518. The van der Waals surface area contributed by atoms with Gasteiger partial charge in [-0.3, -0.25) is 0 Å². The zero-order valence-corrected chi connectivity index (χ0v) is 21.4. The maximum absolute atomic E-state index is 12.6. The molecule has 9 heteroatoms. The van der Waals surface area contributed by atoms with Crippen LogP contribution in [0.2, 0.25) is 0 Å². The number of aryl methyl sites for hydroxylation is 1. The summed E-state index contributed by atoms with van der Waals surface area (Å²) in [6.07, 6.45) is 1.87. The zero-order valence-electron chi connectivity index (χ0n) is 20.6. The van der Waals surface area contributed by atoms with Crippen LogP contribution < -0.4 is 24.4 Å². The molecule has 1 unspecified atom stereocenters. The van der Waals surface area contributed by atoms with Gasteiger partial charge in [-0.05, 0) is 30.7 Å². The van der Waals surface area contributed by atoms with Gasteiger partial charge in [0, 0.05) is 43.9 Å². The van der Waals surface area contributed by atoms with Crippen molar-refractivity contribution in [2.24, 2.45) is 0 Å². The molecule has 0 amide bonds. The van der Waals surface area contributed by atoms with Gasteiger partial charge in [0.1, 0.15) is 18.1 Å². The molecule has 36 heavy (non-hydrogen) atoms. The van der Waals surface area contributed by atoms with E-state index in [0.29, 0.717) is 37.5 Å². The number of fused-ring (bicyclic) bond motifs is 1. The largest absolute Gasteiger partial charge is 0.486 e. The summed E-state index contributed by atoms with van der Waals surface area (Å²) in [6, 6.07) is 17.6. The number of anilines is 1. The van der Waals surface area contributed by atoms with E-state index in [1.165, 1.54) is 6.26 Å². The number of ether oxygens (including phenoxy) is 3. The molecular formula is C27H31N3O5S. The summed E-state index contributed by atoms with van der Waals surface area (Å²) in [5.41, 5.74) is 3.22. The number of hydrogen-bond acceptors (Lipinski definition) is 8. The van der Waals surface area contributed by atoms with Gasteiger partial charge in [-0.25, -0.2) is 13.4 Å². The van der Waals surface area contributed by atoms with Crippen molar-refractivity contribution in [2.75, 3.05) is 50.6 Å². The SMILES string of the molecule is Cc1cc(-c2ccccc2)nc(OCCC2CNCCN2c2cccc3c2OCCO3)c1S(C)(=O)=O. The van der Waals surface area contributed by atoms with E-state index in [1.807, 2.05) is 42.5 Å². The summed E-state index contributed by atoms with van der Waals surface area (Å²) in [7, 11) is -3.52. The van der Waals surface area contributed by atoms with Gasteiger partial charge >= 0.3 is 0 Å². The number of aromatic nitrogens is 1. The molecule has 0 spiro atoms. The molecule has 5 rings (SSSR count). The van der Waals surface area contributed by atoms with Crippen molar-refractivity contribution >= 4 is 15.5 Å². The summed E-state index contributed by atoms with van der Waals surface area (Å²) in [6.45, 7) is 5.64. The van der Waals surface area contributed by atoms with E-state index in [1.54, 1.807) is 13.0 Å². The van der Waals surface area contributed by atoms with Crippen molar-refractivity contribution in [3.05, 3.63) is 60.2 Å². The Hall–Kier alpha value is -3.30. The zero-order chi connectivity index (χ0) is 25.1. The number of benzene rings is 2. The predicted molar refractivity (Wildman–Crippen MR) is 139 cm³/mol. The van der Waals surface area contributed by atoms with Crippen LogP contribution in [-0.4, -0.2) is 65.2 Å². The summed E-state index contributed by atoms with van der Waals surface area (Å²) in [5.74, 6) is 1.70. The normalized spacial score (nSPS) is 17.6. The molecule has 1 fully saturated rings. The molecule has 2 aromatic carbocycles. The van der Waals surface area contributed by atoms with Gasteiger partial charge in [0.05, 0.1) is 18.0 Å². The van der Waals surface area contributed by atoms with E-state index in [-0.39, 0.29) is 16.8 Å². The smallest absolute Gasteiger partial charge is 0.233 e. The van der Waals surface area contributed by atoms with Gasteiger partial charge < -0.3 is 24.4 Å². The molecule has 1 saturated heterocycles. The molecule has 190 valence electrons. The maximum Gasteiger partial charge on any atom is 0.233 e. The third-order valence-corrected chi connectivity index (χ3v) is 7.70. The van der Waals surface area contributed by atoms with E-state index < -0.39 is 9.84 Å². The van der Waals surface area contributed by atoms with Crippen molar-refractivity contribution in [3.63, 3.8) is 0 Å². The van der Waals surface area contributed by atoms with Crippen molar-refractivity contribution < 1.29 is 22.6 Å². The number of piperazine rings is 1. The fraction of sp³-hybridized carbons (Fsp3) is 0.370. The maximum atomic E-state index is 12.6. The topological polar surface area (TPSA) is 90.0 Å². The number of hydrogen-bond donors (Lipinski definition) is 1. The highest BCUT2D eigenvalue weighted by Crippen LogP contribution is 2.40. The lowest BCUT2D eigenvalue weighted by Gasteiger charge is -2.39. The Morgan fingerprint density at radius 2 is 1.92 bits per heavy atom.